The van der Waals surface area contributed by atoms with Crippen molar-refractivity contribution in [3.8, 4) is 0 Å². The number of para-hydroxylation sites is 1. The summed E-state index contributed by atoms with van der Waals surface area (Å²) in [5.41, 5.74) is 2.07. The Balaban J connectivity index is 2.39. The number of fused-ring (bicyclic) bond motifs is 1. The predicted octanol–water partition coefficient (Wildman–Crippen LogP) is 2.10. The standard InChI is InChI=1S/C11H11N3O/c1-15-13-9-14-11-7-3-2-5-10(11)6-4-8-12-14/h2-9H,1H3. The van der Waals surface area contributed by atoms with E-state index in [2.05, 4.69) is 15.1 Å². The minimum Gasteiger partial charge on any atom is -0.398 e. The molecule has 1 aromatic carbocycles. The third kappa shape index (κ3) is 2.04. The molecule has 0 aromatic heterocycles. The van der Waals surface area contributed by atoms with E-state index in [1.165, 1.54) is 13.4 Å². The third-order valence-corrected chi connectivity index (χ3v) is 2.00. The van der Waals surface area contributed by atoms with E-state index < -0.39 is 0 Å². The summed E-state index contributed by atoms with van der Waals surface area (Å²) in [4.78, 5) is 4.63. The van der Waals surface area contributed by atoms with E-state index in [9.17, 15) is 0 Å². The summed E-state index contributed by atoms with van der Waals surface area (Å²) in [6, 6.07) is 7.94. The minimum atomic E-state index is 0.975. The van der Waals surface area contributed by atoms with Crippen molar-refractivity contribution >= 4 is 24.3 Å². The number of allylic oxidation sites excluding steroid dienone is 1. The number of hydrogen-bond acceptors (Lipinski definition) is 3. The molecule has 1 heterocycles. The Morgan fingerprint density at radius 1 is 1.40 bits per heavy atom. The van der Waals surface area contributed by atoms with Crippen LogP contribution in [0.5, 0.6) is 0 Å². The molecule has 1 aliphatic heterocycles. The molecule has 0 fully saturated rings. The molecule has 2 rings (SSSR count). The van der Waals surface area contributed by atoms with Crippen LogP contribution in [-0.4, -0.2) is 19.7 Å². The lowest BCUT2D eigenvalue weighted by molar-refractivity contribution is 0.214. The molecule has 0 spiro atoms. The zero-order valence-electron chi connectivity index (χ0n) is 8.37. The number of benzene rings is 1. The zero-order chi connectivity index (χ0) is 10.5. The lowest BCUT2D eigenvalue weighted by Crippen LogP contribution is -2.14. The topological polar surface area (TPSA) is 37.2 Å². The molecule has 4 nitrogen and oxygen atoms in total. The Labute approximate surface area is 88.1 Å². The van der Waals surface area contributed by atoms with Crippen LogP contribution in [0.4, 0.5) is 5.69 Å². The minimum absolute atomic E-state index is 0.975. The first kappa shape index (κ1) is 9.45. The number of anilines is 1. The van der Waals surface area contributed by atoms with Crippen LogP contribution in [-0.2, 0) is 4.84 Å². The van der Waals surface area contributed by atoms with Gasteiger partial charge in [0.1, 0.15) is 7.11 Å². The second kappa shape index (κ2) is 4.41. The molecular weight excluding hydrogens is 190 g/mol. The van der Waals surface area contributed by atoms with E-state index in [4.69, 9.17) is 0 Å². The van der Waals surface area contributed by atoms with Crippen LogP contribution in [0.25, 0.3) is 6.08 Å². The molecule has 0 unspecified atom stereocenters. The highest BCUT2D eigenvalue weighted by atomic mass is 16.6. The van der Waals surface area contributed by atoms with Gasteiger partial charge in [-0.05, 0) is 12.1 Å². The molecule has 15 heavy (non-hydrogen) atoms. The van der Waals surface area contributed by atoms with Crippen molar-refractivity contribution in [2.24, 2.45) is 10.3 Å². The molecule has 0 aliphatic carbocycles. The zero-order valence-corrected chi connectivity index (χ0v) is 8.37. The Morgan fingerprint density at radius 3 is 3.13 bits per heavy atom. The molecule has 0 saturated carbocycles. The predicted molar refractivity (Wildman–Crippen MR) is 61.9 cm³/mol. The molecule has 1 aliphatic rings. The van der Waals surface area contributed by atoms with Gasteiger partial charge in [0, 0.05) is 11.8 Å². The highest BCUT2D eigenvalue weighted by Gasteiger charge is 2.07. The van der Waals surface area contributed by atoms with Crippen LogP contribution in [0.3, 0.4) is 0 Å². The monoisotopic (exact) mass is 201 g/mol. The molecule has 0 N–H and O–H groups in total. The molecule has 0 saturated heterocycles. The highest BCUT2D eigenvalue weighted by Crippen LogP contribution is 2.22. The Bertz CT molecular complexity index is 424. The summed E-state index contributed by atoms with van der Waals surface area (Å²) in [6.45, 7) is 0. The fraction of sp³-hybridized carbons (Fsp3) is 0.0909. The van der Waals surface area contributed by atoms with Crippen LogP contribution in [0.15, 0.2) is 40.6 Å². The van der Waals surface area contributed by atoms with E-state index in [-0.39, 0.29) is 0 Å². The number of nitrogens with zero attached hydrogens (tertiary/aromatic N) is 3. The Morgan fingerprint density at radius 2 is 2.27 bits per heavy atom. The second-order valence-corrected chi connectivity index (χ2v) is 2.93. The van der Waals surface area contributed by atoms with Crippen LogP contribution in [0.2, 0.25) is 0 Å². The van der Waals surface area contributed by atoms with Crippen molar-refractivity contribution in [2.75, 3.05) is 12.1 Å². The highest BCUT2D eigenvalue weighted by molar-refractivity contribution is 5.91. The molecule has 0 amide bonds. The summed E-state index contributed by atoms with van der Waals surface area (Å²) in [7, 11) is 1.50. The van der Waals surface area contributed by atoms with Crippen molar-refractivity contribution in [1.29, 1.82) is 0 Å². The SMILES string of the molecule is CON=CN1N=CC=Cc2ccccc21. The maximum atomic E-state index is 4.63. The first-order valence-electron chi connectivity index (χ1n) is 4.57. The Hall–Kier alpha value is -2.10. The average Bonchev–Trinajstić information content (AvgIpc) is 2.49. The average molecular weight is 201 g/mol. The fourth-order valence-corrected chi connectivity index (χ4v) is 1.34. The van der Waals surface area contributed by atoms with Gasteiger partial charge in [-0.2, -0.15) is 5.10 Å². The van der Waals surface area contributed by atoms with Crippen molar-refractivity contribution in [3.05, 3.63) is 35.9 Å². The van der Waals surface area contributed by atoms with E-state index in [1.807, 2.05) is 36.4 Å². The lowest BCUT2D eigenvalue weighted by Gasteiger charge is -2.13. The van der Waals surface area contributed by atoms with Gasteiger partial charge in [0.25, 0.3) is 0 Å². The molecule has 76 valence electrons. The van der Waals surface area contributed by atoms with Crippen LogP contribution in [0, 0.1) is 0 Å². The van der Waals surface area contributed by atoms with Gasteiger partial charge in [-0.1, -0.05) is 29.4 Å². The quantitative estimate of drug-likeness (QED) is 0.417. The van der Waals surface area contributed by atoms with Gasteiger partial charge in [-0.3, -0.25) is 0 Å². The van der Waals surface area contributed by atoms with E-state index in [1.54, 1.807) is 11.2 Å². The van der Waals surface area contributed by atoms with Gasteiger partial charge in [0.2, 0.25) is 0 Å². The van der Waals surface area contributed by atoms with Crippen LogP contribution in [0.1, 0.15) is 5.56 Å². The maximum absolute atomic E-state index is 4.63. The first-order chi connectivity index (χ1) is 7.42. The van der Waals surface area contributed by atoms with Gasteiger partial charge in [0.15, 0.2) is 6.34 Å². The fourth-order valence-electron chi connectivity index (χ4n) is 1.34. The number of rotatable bonds is 2. The van der Waals surface area contributed by atoms with Gasteiger partial charge < -0.3 is 4.84 Å². The molecule has 4 heteroatoms. The van der Waals surface area contributed by atoms with Crippen molar-refractivity contribution < 1.29 is 4.84 Å². The largest absolute Gasteiger partial charge is 0.398 e. The molecule has 0 atom stereocenters. The summed E-state index contributed by atoms with van der Waals surface area (Å²) in [5.74, 6) is 0. The van der Waals surface area contributed by atoms with Gasteiger partial charge in [0.05, 0.1) is 5.69 Å². The number of oxime groups is 1. The van der Waals surface area contributed by atoms with Crippen LogP contribution < -0.4 is 5.01 Å². The first-order valence-corrected chi connectivity index (χ1v) is 4.57. The van der Waals surface area contributed by atoms with Crippen molar-refractivity contribution in [3.63, 3.8) is 0 Å². The van der Waals surface area contributed by atoms with E-state index in [0.29, 0.717) is 0 Å². The van der Waals surface area contributed by atoms with Gasteiger partial charge in [-0.25, -0.2) is 5.01 Å². The normalized spacial score (nSPS) is 14.1. The van der Waals surface area contributed by atoms with Crippen LogP contribution >= 0.6 is 0 Å². The van der Waals surface area contributed by atoms with E-state index in [0.717, 1.165) is 11.3 Å². The third-order valence-electron chi connectivity index (χ3n) is 2.00. The maximum Gasteiger partial charge on any atom is 0.156 e. The summed E-state index contributed by atoms with van der Waals surface area (Å²) >= 11 is 0. The Kier molecular flexibility index (Phi) is 2.78. The molecular formula is C11H11N3O. The lowest BCUT2D eigenvalue weighted by atomic mass is 10.1. The number of hydrazone groups is 1. The summed E-state index contributed by atoms with van der Waals surface area (Å²) in [6.07, 6.45) is 7.13. The molecule has 0 bridgehead atoms. The van der Waals surface area contributed by atoms with E-state index >= 15 is 0 Å². The number of hydrogen-bond donors (Lipinski definition) is 0. The summed E-state index contributed by atoms with van der Waals surface area (Å²) in [5, 5.41) is 9.56. The molecule has 0 radical (unpaired) electrons. The van der Waals surface area contributed by atoms with Crippen molar-refractivity contribution in [2.45, 2.75) is 0 Å². The molecule has 1 aromatic rings. The van der Waals surface area contributed by atoms with Crippen molar-refractivity contribution in [1.82, 2.24) is 0 Å². The summed E-state index contributed by atoms with van der Waals surface area (Å²) < 4.78 is 0. The van der Waals surface area contributed by atoms with Gasteiger partial charge >= 0.3 is 0 Å². The smallest absolute Gasteiger partial charge is 0.156 e. The second-order valence-electron chi connectivity index (χ2n) is 2.93. The van der Waals surface area contributed by atoms with Gasteiger partial charge in [-0.15, -0.1) is 0 Å².